The van der Waals surface area contributed by atoms with Crippen LogP contribution in [-0.2, 0) is 0 Å². The smallest absolute Gasteiger partial charge is 0.181 e. The van der Waals surface area contributed by atoms with E-state index in [2.05, 4.69) is 26.0 Å². The Morgan fingerprint density at radius 1 is 1.20 bits per heavy atom. The van der Waals surface area contributed by atoms with Crippen LogP contribution in [-0.4, -0.2) is 19.9 Å². The Morgan fingerprint density at radius 3 is 2.85 bits per heavy atom. The molecule has 1 N–H and O–H groups in total. The lowest BCUT2D eigenvalue weighted by Crippen LogP contribution is -1.95. The number of aromatic nitrogens is 4. The number of benzene rings is 1. The van der Waals surface area contributed by atoms with E-state index in [1.165, 1.54) is 6.33 Å². The molecule has 2 aromatic heterocycles. The van der Waals surface area contributed by atoms with Gasteiger partial charge in [-0.2, -0.15) is 5.26 Å². The first kappa shape index (κ1) is 12.6. The third kappa shape index (κ3) is 2.49. The zero-order valence-electron chi connectivity index (χ0n) is 10.5. The number of rotatable bonds is 4. The fraction of sp³-hybridized carbons (Fsp3) is 0.143. The molecule has 0 saturated heterocycles. The van der Waals surface area contributed by atoms with Gasteiger partial charge in [-0.15, -0.1) is 0 Å². The molecule has 0 amide bonds. The van der Waals surface area contributed by atoms with Crippen molar-refractivity contribution in [3.05, 3.63) is 48.5 Å². The zero-order chi connectivity index (χ0) is 13.8. The van der Waals surface area contributed by atoms with Gasteiger partial charge in [-0.05, 0) is 5.56 Å². The molecule has 1 aromatic carbocycles. The molecule has 0 saturated carbocycles. The Bertz CT molecular complexity index is 747. The summed E-state index contributed by atoms with van der Waals surface area (Å²) in [5.74, 6) is 0. The molecule has 5 nitrogen and oxygen atoms in total. The van der Waals surface area contributed by atoms with Gasteiger partial charge in [0.1, 0.15) is 16.9 Å². The molecule has 1 atom stereocenters. The molecule has 6 heteroatoms. The first-order valence-corrected chi connectivity index (χ1v) is 6.99. The highest BCUT2D eigenvalue weighted by molar-refractivity contribution is 7.99. The average molecular weight is 281 g/mol. The van der Waals surface area contributed by atoms with Gasteiger partial charge >= 0.3 is 0 Å². The van der Waals surface area contributed by atoms with Crippen LogP contribution in [0.15, 0.2) is 48.0 Å². The molecule has 0 radical (unpaired) electrons. The Kier molecular flexibility index (Phi) is 3.61. The number of H-pyrrole nitrogens is 1. The Morgan fingerprint density at radius 2 is 2.05 bits per heavy atom. The minimum atomic E-state index is 0.0441. The lowest BCUT2D eigenvalue weighted by molar-refractivity contribution is 0.967. The highest BCUT2D eigenvalue weighted by Crippen LogP contribution is 2.38. The summed E-state index contributed by atoms with van der Waals surface area (Å²) in [5.41, 5.74) is 2.58. The Balaban J connectivity index is 1.94. The van der Waals surface area contributed by atoms with Gasteiger partial charge in [0, 0.05) is 5.25 Å². The number of nitriles is 1. The van der Waals surface area contributed by atoms with Crippen LogP contribution in [0.25, 0.3) is 11.2 Å². The van der Waals surface area contributed by atoms with Crippen molar-refractivity contribution in [2.45, 2.75) is 16.7 Å². The van der Waals surface area contributed by atoms with Gasteiger partial charge in [-0.1, -0.05) is 42.1 Å². The van der Waals surface area contributed by atoms with E-state index >= 15 is 0 Å². The van der Waals surface area contributed by atoms with Crippen molar-refractivity contribution < 1.29 is 0 Å². The van der Waals surface area contributed by atoms with Gasteiger partial charge in [0.25, 0.3) is 0 Å². The number of hydrogen-bond donors (Lipinski definition) is 1. The standard InChI is InChI=1S/C14H11N5S/c15-7-6-11(10-4-2-1-3-5-10)20-14-12-13(17-8-16-12)18-9-19-14/h1-5,8-9,11H,6H2,(H,16,17,18,19). The topological polar surface area (TPSA) is 78.2 Å². The average Bonchev–Trinajstić information content (AvgIpc) is 2.97. The first-order chi connectivity index (χ1) is 9.88. The predicted molar refractivity (Wildman–Crippen MR) is 77.0 cm³/mol. The minimum Gasteiger partial charge on any atom is -0.341 e. The summed E-state index contributed by atoms with van der Waals surface area (Å²) in [7, 11) is 0. The van der Waals surface area contributed by atoms with Gasteiger partial charge in [0.2, 0.25) is 0 Å². The van der Waals surface area contributed by atoms with Crippen LogP contribution < -0.4 is 0 Å². The van der Waals surface area contributed by atoms with Crippen LogP contribution in [0.1, 0.15) is 17.2 Å². The van der Waals surface area contributed by atoms with E-state index in [1.807, 2.05) is 30.3 Å². The van der Waals surface area contributed by atoms with Crippen LogP contribution in [0.3, 0.4) is 0 Å². The Labute approximate surface area is 120 Å². The van der Waals surface area contributed by atoms with Crippen molar-refractivity contribution in [1.29, 1.82) is 5.26 Å². The van der Waals surface area contributed by atoms with E-state index in [1.54, 1.807) is 18.1 Å². The van der Waals surface area contributed by atoms with Gasteiger partial charge in [-0.25, -0.2) is 15.0 Å². The summed E-state index contributed by atoms with van der Waals surface area (Å²) in [6.45, 7) is 0. The molecule has 1 unspecified atom stereocenters. The highest BCUT2D eigenvalue weighted by atomic mass is 32.2. The fourth-order valence-electron chi connectivity index (χ4n) is 1.95. The van der Waals surface area contributed by atoms with Crippen molar-refractivity contribution in [2.24, 2.45) is 0 Å². The summed E-state index contributed by atoms with van der Waals surface area (Å²) >= 11 is 1.56. The Hall–Kier alpha value is -2.39. The molecule has 0 fully saturated rings. The van der Waals surface area contributed by atoms with Crippen molar-refractivity contribution in [3.63, 3.8) is 0 Å². The molecular weight excluding hydrogens is 270 g/mol. The van der Waals surface area contributed by atoms with E-state index in [9.17, 15) is 0 Å². The number of fused-ring (bicyclic) bond motifs is 1. The lowest BCUT2D eigenvalue weighted by Gasteiger charge is -2.13. The second kappa shape index (κ2) is 5.72. The van der Waals surface area contributed by atoms with Gasteiger partial charge in [0.15, 0.2) is 5.65 Å². The van der Waals surface area contributed by atoms with Crippen molar-refractivity contribution in [1.82, 2.24) is 19.9 Å². The van der Waals surface area contributed by atoms with Gasteiger partial charge in [-0.3, -0.25) is 0 Å². The van der Waals surface area contributed by atoms with Crippen molar-refractivity contribution in [3.8, 4) is 6.07 Å². The molecule has 0 bridgehead atoms. The maximum Gasteiger partial charge on any atom is 0.181 e. The normalized spacial score (nSPS) is 12.2. The molecule has 3 rings (SSSR count). The summed E-state index contributed by atoms with van der Waals surface area (Å²) < 4.78 is 0. The third-order valence-electron chi connectivity index (χ3n) is 2.89. The number of thioether (sulfide) groups is 1. The van der Waals surface area contributed by atoms with E-state index in [4.69, 9.17) is 5.26 Å². The number of hydrogen-bond acceptors (Lipinski definition) is 5. The SMILES string of the molecule is N#CCC(Sc1ncnc2nc[nH]c12)c1ccccc1. The third-order valence-corrected chi connectivity index (χ3v) is 4.15. The fourth-order valence-corrected chi connectivity index (χ4v) is 3.04. The molecule has 0 aliphatic carbocycles. The lowest BCUT2D eigenvalue weighted by atomic mass is 10.1. The molecule has 3 aromatic rings. The first-order valence-electron chi connectivity index (χ1n) is 6.11. The molecular formula is C14H11N5S. The second-order valence-corrected chi connectivity index (χ2v) is 5.35. The summed E-state index contributed by atoms with van der Waals surface area (Å²) in [6, 6.07) is 12.2. The number of aromatic amines is 1. The zero-order valence-corrected chi connectivity index (χ0v) is 11.3. The van der Waals surface area contributed by atoms with E-state index in [0.29, 0.717) is 12.1 Å². The minimum absolute atomic E-state index is 0.0441. The molecule has 98 valence electrons. The van der Waals surface area contributed by atoms with E-state index in [-0.39, 0.29) is 5.25 Å². The van der Waals surface area contributed by atoms with Gasteiger partial charge < -0.3 is 4.98 Å². The van der Waals surface area contributed by atoms with E-state index in [0.717, 1.165) is 16.1 Å². The summed E-state index contributed by atoms with van der Waals surface area (Å²) in [4.78, 5) is 15.6. The molecule has 2 heterocycles. The molecule has 0 spiro atoms. The quantitative estimate of drug-likeness (QED) is 0.587. The van der Waals surface area contributed by atoms with Crippen LogP contribution in [0, 0.1) is 11.3 Å². The highest BCUT2D eigenvalue weighted by Gasteiger charge is 2.16. The van der Waals surface area contributed by atoms with Crippen LogP contribution in [0.2, 0.25) is 0 Å². The largest absolute Gasteiger partial charge is 0.341 e. The maximum atomic E-state index is 9.03. The van der Waals surface area contributed by atoms with Crippen molar-refractivity contribution >= 4 is 22.9 Å². The van der Waals surface area contributed by atoms with Gasteiger partial charge in [0.05, 0.1) is 18.8 Å². The van der Waals surface area contributed by atoms with Crippen LogP contribution in [0.5, 0.6) is 0 Å². The number of imidazole rings is 1. The molecule has 0 aliphatic heterocycles. The summed E-state index contributed by atoms with van der Waals surface area (Å²) in [6.07, 6.45) is 3.53. The maximum absolute atomic E-state index is 9.03. The second-order valence-electron chi connectivity index (χ2n) is 4.16. The molecule has 0 aliphatic rings. The number of nitrogens with zero attached hydrogens (tertiary/aromatic N) is 4. The molecule has 20 heavy (non-hydrogen) atoms. The predicted octanol–water partition coefficient (Wildman–Crippen LogP) is 3.10. The van der Waals surface area contributed by atoms with Crippen LogP contribution in [0.4, 0.5) is 0 Å². The van der Waals surface area contributed by atoms with E-state index < -0.39 is 0 Å². The van der Waals surface area contributed by atoms with Crippen molar-refractivity contribution in [2.75, 3.05) is 0 Å². The van der Waals surface area contributed by atoms with Crippen LogP contribution >= 0.6 is 11.8 Å². The summed E-state index contributed by atoms with van der Waals surface area (Å²) in [5, 5.41) is 9.89. The monoisotopic (exact) mass is 281 g/mol. The number of nitrogens with one attached hydrogen (secondary N) is 1.